The van der Waals surface area contributed by atoms with Crippen LogP contribution in [0.15, 0.2) is 18.2 Å². The maximum atomic E-state index is 15.5. The van der Waals surface area contributed by atoms with E-state index in [0.29, 0.717) is 11.5 Å². The van der Waals surface area contributed by atoms with E-state index in [2.05, 4.69) is 10.3 Å². The van der Waals surface area contributed by atoms with Gasteiger partial charge in [-0.25, -0.2) is 9.37 Å². The number of benzene rings is 1. The summed E-state index contributed by atoms with van der Waals surface area (Å²) >= 11 is 0. The van der Waals surface area contributed by atoms with Gasteiger partial charge in [0.05, 0.1) is 11.7 Å². The second-order valence-corrected chi connectivity index (χ2v) is 7.58. The molecule has 150 valence electrons. The first-order chi connectivity index (χ1) is 13.7. The summed E-state index contributed by atoms with van der Waals surface area (Å²) in [6.07, 6.45) is 0.362. The summed E-state index contributed by atoms with van der Waals surface area (Å²) in [5, 5.41) is 2.25. The fourth-order valence-corrected chi connectivity index (χ4v) is 4.10. The highest BCUT2D eigenvalue weighted by atomic mass is 19.1. The van der Waals surface area contributed by atoms with Crippen molar-refractivity contribution in [1.82, 2.24) is 15.2 Å². The molecule has 2 aliphatic rings. The third kappa shape index (κ3) is 2.86. The van der Waals surface area contributed by atoms with Crippen LogP contribution in [0, 0.1) is 19.7 Å². The van der Waals surface area contributed by atoms with Crippen LogP contribution in [0.3, 0.4) is 0 Å². The number of imide groups is 1. The van der Waals surface area contributed by atoms with Gasteiger partial charge in [0.25, 0.3) is 5.91 Å². The molecule has 8 heteroatoms. The molecule has 2 atom stereocenters. The number of fused-ring (bicyclic) bond motifs is 1. The van der Waals surface area contributed by atoms with Crippen LogP contribution in [0.4, 0.5) is 10.2 Å². The Morgan fingerprint density at radius 3 is 2.55 bits per heavy atom. The van der Waals surface area contributed by atoms with E-state index < -0.39 is 29.7 Å². The number of carbonyl (C=O) groups excluding carboxylic acids is 3. The lowest BCUT2D eigenvalue weighted by Gasteiger charge is -2.32. The Kier molecular flexibility index (Phi) is 4.37. The van der Waals surface area contributed by atoms with E-state index in [0.717, 1.165) is 11.1 Å². The van der Waals surface area contributed by atoms with Crippen molar-refractivity contribution in [2.45, 2.75) is 45.7 Å². The van der Waals surface area contributed by atoms with Crippen LogP contribution in [0.1, 0.15) is 52.9 Å². The van der Waals surface area contributed by atoms with Gasteiger partial charge < -0.3 is 10.6 Å². The molecule has 1 saturated heterocycles. The largest absolute Gasteiger partial charge is 0.383 e. The first kappa shape index (κ1) is 19.0. The number of pyridine rings is 1. The molecule has 0 bridgehead atoms. The monoisotopic (exact) mass is 396 g/mol. The molecular weight excluding hydrogens is 375 g/mol. The third-order valence-corrected chi connectivity index (χ3v) is 5.87. The van der Waals surface area contributed by atoms with E-state index in [1.807, 2.05) is 13.8 Å². The average Bonchev–Trinajstić information content (AvgIpc) is 2.91. The molecule has 29 heavy (non-hydrogen) atoms. The summed E-state index contributed by atoms with van der Waals surface area (Å²) in [6, 6.07) is 3.39. The number of aryl methyl sites for hydroxylation is 1. The SMILES string of the molecule is Cc1cc(-c2ccc3c(c2F)[C@@H](C)N([C@@H]2CCC(=O)NC2=O)C3=O)nc(N)c1C. The molecule has 0 saturated carbocycles. The molecular formula is C21H21FN4O3. The number of halogens is 1. The van der Waals surface area contributed by atoms with Crippen LogP contribution in [-0.4, -0.2) is 33.6 Å². The number of amides is 3. The van der Waals surface area contributed by atoms with Gasteiger partial charge in [-0.3, -0.25) is 19.7 Å². The van der Waals surface area contributed by atoms with Crippen molar-refractivity contribution in [2.75, 3.05) is 5.73 Å². The molecule has 0 radical (unpaired) electrons. The number of rotatable bonds is 2. The number of hydrogen-bond acceptors (Lipinski definition) is 5. The zero-order chi connectivity index (χ0) is 21.0. The lowest BCUT2D eigenvalue weighted by Crippen LogP contribution is -2.53. The number of carbonyl (C=O) groups is 3. The van der Waals surface area contributed by atoms with Gasteiger partial charge in [0, 0.05) is 23.1 Å². The van der Waals surface area contributed by atoms with E-state index in [9.17, 15) is 14.4 Å². The maximum absolute atomic E-state index is 15.5. The molecule has 3 amide bonds. The summed E-state index contributed by atoms with van der Waals surface area (Å²) in [4.78, 5) is 42.3. The highest BCUT2D eigenvalue weighted by molar-refractivity contribution is 6.06. The molecule has 0 spiro atoms. The summed E-state index contributed by atoms with van der Waals surface area (Å²) in [6.45, 7) is 5.40. The van der Waals surface area contributed by atoms with Crippen LogP contribution in [-0.2, 0) is 9.59 Å². The van der Waals surface area contributed by atoms with Gasteiger partial charge in [-0.05, 0) is 56.5 Å². The molecule has 3 N–H and O–H groups in total. The van der Waals surface area contributed by atoms with E-state index in [1.165, 1.54) is 11.0 Å². The van der Waals surface area contributed by atoms with Crippen molar-refractivity contribution in [3.8, 4) is 11.3 Å². The van der Waals surface area contributed by atoms with Crippen molar-refractivity contribution in [2.24, 2.45) is 0 Å². The zero-order valence-electron chi connectivity index (χ0n) is 16.4. The minimum absolute atomic E-state index is 0.142. The molecule has 3 heterocycles. The Bertz CT molecular complexity index is 1060. The first-order valence-corrected chi connectivity index (χ1v) is 9.43. The Labute approximate surface area is 167 Å². The number of anilines is 1. The van der Waals surface area contributed by atoms with Crippen LogP contribution in [0.5, 0.6) is 0 Å². The fraction of sp³-hybridized carbons (Fsp3) is 0.333. The van der Waals surface area contributed by atoms with Crippen LogP contribution in [0.2, 0.25) is 0 Å². The number of hydrogen-bond donors (Lipinski definition) is 2. The lowest BCUT2D eigenvalue weighted by molar-refractivity contribution is -0.137. The topological polar surface area (TPSA) is 105 Å². The minimum Gasteiger partial charge on any atom is -0.383 e. The molecule has 2 aromatic rings. The van der Waals surface area contributed by atoms with E-state index in [4.69, 9.17) is 5.73 Å². The normalized spacial score (nSPS) is 21.4. The quantitative estimate of drug-likeness (QED) is 0.759. The Morgan fingerprint density at radius 1 is 1.21 bits per heavy atom. The Balaban J connectivity index is 1.77. The summed E-state index contributed by atoms with van der Waals surface area (Å²) in [7, 11) is 0. The van der Waals surface area contributed by atoms with Crippen LogP contribution < -0.4 is 11.1 Å². The third-order valence-electron chi connectivity index (χ3n) is 5.87. The van der Waals surface area contributed by atoms with E-state index in [1.54, 1.807) is 19.1 Å². The average molecular weight is 396 g/mol. The lowest BCUT2D eigenvalue weighted by atomic mass is 9.97. The van der Waals surface area contributed by atoms with Crippen molar-refractivity contribution in [3.05, 3.63) is 46.3 Å². The van der Waals surface area contributed by atoms with Crippen LogP contribution in [0.25, 0.3) is 11.3 Å². The highest BCUT2D eigenvalue weighted by Crippen LogP contribution is 2.41. The number of nitrogens with zero attached hydrogens (tertiary/aromatic N) is 2. The second-order valence-electron chi connectivity index (χ2n) is 7.58. The highest BCUT2D eigenvalue weighted by Gasteiger charge is 2.44. The number of nitrogens with one attached hydrogen (secondary N) is 1. The van der Waals surface area contributed by atoms with Crippen molar-refractivity contribution in [3.63, 3.8) is 0 Å². The Hall–Kier alpha value is -3.29. The maximum Gasteiger partial charge on any atom is 0.255 e. The van der Waals surface area contributed by atoms with Gasteiger partial charge in [0.15, 0.2) is 0 Å². The number of nitrogens with two attached hydrogens (primary N) is 1. The Morgan fingerprint density at radius 2 is 1.90 bits per heavy atom. The molecule has 0 aliphatic carbocycles. The van der Waals surface area contributed by atoms with E-state index >= 15 is 4.39 Å². The van der Waals surface area contributed by atoms with Crippen molar-refractivity contribution in [1.29, 1.82) is 0 Å². The minimum atomic E-state index is -0.805. The van der Waals surface area contributed by atoms with Gasteiger partial charge in [-0.2, -0.15) is 0 Å². The van der Waals surface area contributed by atoms with Crippen molar-refractivity contribution < 1.29 is 18.8 Å². The number of aromatic nitrogens is 1. The molecule has 0 unspecified atom stereocenters. The van der Waals surface area contributed by atoms with Crippen molar-refractivity contribution >= 4 is 23.5 Å². The summed E-state index contributed by atoms with van der Waals surface area (Å²) in [5.74, 6) is -1.53. The van der Waals surface area contributed by atoms with Gasteiger partial charge in [0.1, 0.15) is 17.7 Å². The fourth-order valence-electron chi connectivity index (χ4n) is 4.10. The predicted octanol–water partition coefficient (Wildman–Crippen LogP) is 2.41. The summed E-state index contributed by atoms with van der Waals surface area (Å²) in [5.41, 5.74) is 8.78. The van der Waals surface area contributed by atoms with Gasteiger partial charge >= 0.3 is 0 Å². The number of nitrogen functional groups attached to an aromatic ring is 1. The molecule has 1 fully saturated rings. The van der Waals surface area contributed by atoms with E-state index in [-0.39, 0.29) is 35.4 Å². The standard InChI is InChI=1S/C21H21FN4O3/c1-9-8-14(24-19(23)10(9)2)12-4-5-13-17(18(12)22)11(3)26(21(13)29)15-6-7-16(27)25-20(15)28/h4-5,8,11,15H,6-7H2,1-3H3,(H2,23,24)(H,25,27,28)/t11-,15-/m1/s1. The first-order valence-electron chi connectivity index (χ1n) is 9.43. The smallest absolute Gasteiger partial charge is 0.255 e. The molecule has 1 aromatic heterocycles. The number of piperidine rings is 1. The molecule has 1 aromatic carbocycles. The van der Waals surface area contributed by atoms with Gasteiger partial charge in [-0.15, -0.1) is 0 Å². The summed E-state index contributed by atoms with van der Waals surface area (Å²) < 4.78 is 15.5. The molecule has 2 aliphatic heterocycles. The second kappa shape index (κ2) is 6.65. The molecule has 4 rings (SSSR count). The van der Waals surface area contributed by atoms with Crippen LogP contribution >= 0.6 is 0 Å². The van der Waals surface area contributed by atoms with Gasteiger partial charge in [-0.1, -0.05) is 0 Å². The van der Waals surface area contributed by atoms with Gasteiger partial charge in [0.2, 0.25) is 11.8 Å². The molecule has 7 nitrogen and oxygen atoms in total. The predicted molar refractivity (Wildman–Crippen MR) is 104 cm³/mol. The zero-order valence-corrected chi connectivity index (χ0v) is 16.4.